The molecule has 1 saturated carbocycles. The Balaban J connectivity index is 2.51. The first-order valence-electron chi connectivity index (χ1n) is 6.57. The second kappa shape index (κ2) is 5.98. The summed E-state index contributed by atoms with van der Waals surface area (Å²) in [4.78, 5) is 0. The molecule has 0 heterocycles. The molecule has 17 heavy (non-hydrogen) atoms. The molecule has 3 heteroatoms. The second-order valence-corrected chi connectivity index (χ2v) is 5.81. The van der Waals surface area contributed by atoms with Gasteiger partial charge in [0.2, 0.25) is 0 Å². The first-order valence-corrected chi connectivity index (χ1v) is 6.57. The van der Waals surface area contributed by atoms with Crippen molar-refractivity contribution in [2.75, 3.05) is 0 Å². The molecule has 0 amide bonds. The van der Waals surface area contributed by atoms with E-state index in [1.165, 1.54) is 18.9 Å². The second-order valence-electron chi connectivity index (χ2n) is 5.81. The van der Waals surface area contributed by atoms with E-state index in [9.17, 15) is 15.3 Å². The molecular weight excluding hydrogens is 216 g/mol. The van der Waals surface area contributed by atoms with Gasteiger partial charge in [0.15, 0.2) is 0 Å². The molecule has 0 aliphatic heterocycles. The normalized spacial score (nSPS) is 26.2. The minimum Gasteiger partial charge on any atom is -0.392 e. The van der Waals surface area contributed by atoms with Gasteiger partial charge in [-0.25, -0.2) is 0 Å². The van der Waals surface area contributed by atoms with Crippen LogP contribution in [0.25, 0.3) is 0 Å². The van der Waals surface area contributed by atoms with Gasteiger partial charge in [0.1, 0.15) is 0 Å². The molecule has 3 N–H and O–H groups in total. The lowest BCUT2D eigenvalue weighted by Crippen LogP contribution is -2.38. The van der Waals surface area contributed by atoms with Gasteiger partial charge in [0.25, 0.3) is 0 Å². The van der Waals surface area contributed by atoms with E-state index in [0.717, 1.165) is 12.8 Å². The van der Waals surface area contributed by atoms with Gasteiger partial charge in [-0.15, -0.1) is 6.58 Å². The Hall–Kier alpha value is -0.380. The Bertz CT molecular complexity index is 246. The van der Waals surface area contributed by atoms with Crippen molar-refractivity contribution in [1.82, 2.24) is 0 Å². The molecule has 3 nitrogen and oxygen atoms in total. The van der Waals surface area contributed by atoms with E-state index in [-0.39, 0.29) is 11.3 Å². The van der Waals surface area contributed by atoms with Crippen molar-refractivity contribution in [3.05, 3.63) is 12.7 Å². The summed E-state index contributed by atoms with van der Waals surface area (Å²) in [6, 6.07) is 0. The molecule has 0 aromatic heterocycles. The Morgan fingerprint density at radius 1 is 1.24 bits per heavy atom. The zero-order valence-corrected chi connectivity index (χ0v) is 11.0. The number of rotatable bonds is 6. The van der Waals surface area contributed by atoms with E-state index in [4.69, 9.17) is 0 Å². The van der Waals surface area contributed by atoms with Gasteiger partial charge in [0.05, 0.1) is 18.3 Å². The molecule has 1 aliphatic carbocycles. The van der Waals surface area contributed by atoms with Crippen LogP contribution in [0.1, 0.15) is 46.0 Å². The van der Waals surface area contributed by atoms with Crippen molar-refractivity contribution in [1.29, 1.82) is 0 Å². The molecule has 0 saturated heterocycles. The van der Waals surface area contributed by atoms with Crippen LogP contribution in [-0.4, -0.2) is 33.6 Å². The Morgan fingerprint density at radius 2 is 1.76 bits per heavy atom. The van der Waals surface area contributed by atoms with Crippen molar-refractivity contribution in [3.63, 3.8) is 0 Å². The molecule has 1 fully saturated rings. The predicted molar refractivity (Wildman–Crippen MR) is 68.6 cm³/mol. The van der Waals surface area contributed by atoms with Gasteiger partial charge in [-0.05, 0) is 30.6 Å². The summed E-state index contributed by atoms with van der Waals surface area (Å²) in [7, 11) is 0. The maximum absolute atomic E-state index is 10.4. The van der Waals surface area contributed by atoms with E-state index in [1.54, 1.807) is 0 Å². The summed E-state index contributed by atoms with van der Waals surface area (Å²) in [6.45, 7) is 7.51. The quantitative estimate of drug-likeness (QED) is 0.623. The maximum Gasteiger partial charge on any atom is 0.0977 e. The summed E-state index contributed by atoms with van der Waals surface area (Å²) in [5.74, 6) is -0.0114. The molecule has 1 rings (SSSR count). The van der Waals surface area contributed by atoms with E-state index < -0.39 is 18.3 Å². The lowest BCUT2D eigenvalue weighted by Gasteiger charge is -2.35. The fraction of sp³-hybridized carbons (Fsp3) is 0.857. The average Bonchev–Trinajstić information content (AvgIpc) is 2.75. The van der Waals surface area contributed by atoms with Gasteiger partial charge in [0, 0.05) is 0 Å². The highest BCUT2D eigenvalue weighted by Crippen LogP contribution is 2.43. The summed E-state index contributed by atoms with van der Waals surface area (Å²) in [5.41, 5.74) is -0.0156. The van der Waals surface area contributed by atoms with Crippen molar-refractivity contribution < 1.29 is 15.3 Å². The monoisotopic (exact) mass is 242 g/mol. The topological polar surface area (TPSA) is 60.7 Å². The van der Waals surface area contributed by atoms with E-state index >= 15 is 0 Å². The Kier molecular flexibility index (Phi) is 5.17. The molecule has 0 aromatic carbocycles. The van der Waals surface area contributed by atoms with E-state index in [1.807, 2.05) is 6.92 Å². The number of aliphatic hydroxyl groups excluding tert-OH is 3. The number of hydrogen-bond donors (Lipinski definition) is 3. The summed E-state index contributed by atoms with van der Waals surface area (Å²) >= 11 is 0. The molecule has 0 bridgehead atoms. The number of hydrogen-bond acceptors (Lipinski definition) is 3. The fourth-order valence-corrected chi connectivity index (χ4v) is 2.97. The summed E-state index contributed by atoms with van der Waals surface area (Å²) in [6.07, 6.45) is 4.07. The molecule has 1 aliphatic rings. The van der Waals surface area contributed by atoms with Gasteiger partial charge in [-0.3, -0.25) is 0 Å². The van der Waals surface area contributed by atoms with Gasteiger partial charge in [-0.1, -0.05) is 32.8 Å². The third-order valence-electron chi connectivity index (χ3n) is 4.25. The van der Waals surface area contributed by atoms with Crippen molar-refractivity contribution >= 4 is 0 Å². The molecule has 4 atom stereocenters. The standard InChI is InChI=1S/C14H26O3/c1-4-11(15)12(16)9-10(2)13(17)14(3)7-5-6-8-14/h4,10-13,15-17H,1,5-9H2,2-3H3/t10?,11-,12-,13?/m0/s1. The lowest BCUT2D eigenvalue weighted by molar-refractivity contribution is -0.0329. The smallest absolute Gasteiger partial charge is 0.0977 e. The zero-order valence-electron chi connectivity index (χ0n) is 11.0. The minimum atomic E-state index is -0.902. The minimum absolute atomic E-state index is 0.0114. The van der Waals surface area contributed by atoms with Gasteiger partial charge >= 0.3 is 0 Å². The SMILES string of the molecule is C=C[C@H](O)[C@@H](O)CC(C)C(O)C1(C)CCCC1. The van der Waals surface area contributed by atoms with Gasteiger partial charge in [-0.2, -0.15) is 0 Å². The van der Waals surface area contributed by atoms with Crippen LogP contribution in [-0.2, 0) is 0 Å². The van der Waals surface area contributed by atoms with Crippen LogP contribution in [0.3, 0.4) is 0 Å². The van der Waals surface area contributed by atoms with Crippen LogP contribution in [0.2, 0.25) is 0 Å². The van der Waals surface area contributed by atoms with Crippen molar-refractivity contribution in [2.45, 2.75) is 64.3 Å². The summed E-state index contributed by atoms with van der Waals surface area (Å²) in [5, 5.41) is 29.5. The predicted octanol–water partition coefficient (Wildman–Crippen LogP) is 1.86. The van der Waals surface area contributed by atoms with Crippen LogP contribution in [0.5, 0.6) is 0 Å². The average molecular weight is 242 g/mol. The maximum atomic E-state index is 10.4. The third-order valence-corrected chi connectivity index (χ3v) is 4.25. The van der Waals surface area contributed by atoms with Crippen molar-refractivity contribution in [3.8, 4) is 0 Å². The molecule has 0 spiro atoms. The van der Waals surface area contributed by atoms with Crippen LogP contribution in [0, 0.1) is 11.3 Å². The van der Waals surface area contributed by atoms with Crippen LogP contribution >= 0.6 is 0 Å². The number of aliphatic hydroxyl groups is 3. The molecule has 0 radical (unpaired) electrons. The highest BCUT2D eigenvalue weighted by atomic mass is 16.3. The Morgan fingerprint density at radius 3 is 2.24 bits per heavy atom. The molecule has 100 valence electrons. The molecule has 2 unspecified atom stereocenters. The highest BCUT2D eigenvalue weighted by molar-refractivity contribution is 4.92. The van der Waals surface area contributed by atoms with Crippen LogP contribution < -0.4 is 0 Å². The van der Waals surface area contributed by atoms with Gasteiger partial charge < -0.3 is 15.3 Å². The fourth-order valence-electron chi connectivity index (χ4n) is 2.97. The summed E-state index contributed by atoms with van der Waals surface area (Å²) < 4.78 is 0. The Labute approximate surface area is 104 Å². The zero-order chi connectivity index (χ0) is 13.1. The van der Waals surface area contributed by atoms with Crippen LogP contribution in [0.4, 0.5) is 0 Å². The lowest BCUT2D eigenvalue weighted by atomic mass is 9.75. The first kappa shape index (κ1) is 14.7. The third kappa shape index (κ3) is 3.54. The van der Waals surface area contributed by atoms with Crippen molar-refractivity contribution in [2.24, 2.45) is 11.3 Å². The van der Waals surface area contributed by atoms with E-state index in [2.05, 4.69) is 13.5 Å². The first-order chi connectivity index (χ1) is 7.90. The highest BCUT2D eigenvalue weighted by Gasteiger charge is 2.39. The van der Waals surface area contributed by atoms with Crippen LogP contribution in [0.15, 0.2) is 12.7 Å². The largest absolute Gasteiger partial charge is 0.392 e. The molecular formula is C14H26O3. The van der Waals surface area contributed by atoms with E-state index in [0.29, 0.717) is 6.42 Å². The molecule has 0 aromatic rings.